The molecule has 2 nitrogen and oxygen atoms in total. The minimum atomic E-state index is -0.0219. The van der Waals surface area contributed by atoms with Crippen LogP contribution in [0.5, 0.6) is 11.5 Å². The summed E-state index contributed by atoms with van der Waals surface area (Å²) in [5.41, 5.74) is 4.00. The molecule has 2 heteroatoms. The van der Waals surface area contributed by atoms with Gasteiger partial charge in [0.05, 0.1) is 0 Å². The molecule has 0 aliphatic heterocycles. The Labute approximate surface area is 174 Å². The summed E-state index contributed by atoms with van der Waals surface area (Å²) < 4.78 is 12.4. The number of ether oxygens (including phenoxy) is 2. The summed E-state index contributed by atoms with van der Waals surface area (Å²) in [6, 6.07) is 23.9. The quantitative estimate of drug-likeness (QED) is 0.412. The number of hydrogen-bond donors (Lipinski definition) is 0. The monoisotopic (exact) mass is 384 g/mol. The van der Waals surface area contributed by atoms with Crippen molar-refractivity contribution in [2.75, 3.05) is 0 Å². The second-order valence-electron chi connectivity index (χ2n) is 8.15. The fraction of sp³-hybridized carbons (Fsp3) is 0.185. The van der Waals surface area contributed by atoms with E-state index in [9.17, 15) is 0 Å². The lowest BCUT2D eigenvalue weighted by atomic mass is 9.86. The molecule has 0 radical (unpaired) electrons. The predicted octanol–water partition coefficient (Wildman–Crippen LogP) is 7.39. The molecule has 0 heterocycles. The largest absolute Gasteiger partial charge is 0.453 e. The van der Waals surface area contributed by atoms with Gasteiger partial charge in [-0.1, -0.05) is 101 Å². The molecule has 0 fully saturated rings. The molecule has 0 spiro atoms. The van der Waals surface area contributed by atoms with Gasteiger partial charge >= 0.3 is 0 Å². The predicted molar refractivity (Wildman–Crippen MR) is 122 cm³/mol. The van der Waals surface area contributed by atoms with E-state index < -0.39 is 0 Å². The van der Waals surface area contributed by atoms with Crippen molar-refractivity contribution in [1.29, 1.82) is 0 Å². The maximum absolute atomic E-state index is 6.22. The van der Waals surface area contributed by atoms with Gasteiger partial charge in [-0.3, -0.25) is 0 Å². The van der Waals surface area contributed by atoms with Crippen LogP contribution in [-0.2, 0) is 5.41 Å². The zero-order valence-corrected chi connectivity index (χ0v) is 17.7. The summed E-state index contributed by atoms with van der Waals surface area (Å²) in [7, 11) is 0. The smallest absolute Gasteiger partial charge is 0.172 e. The molecular formula is C27H28O2. The third kappa shape index (κ3) is 4.97. The Kier molecular flexibility index (Phi) is 5.93. The lowest BCUT2D eigenvalue weighted by molar-refractivity contribution is 0.444. The molecule has 0 aliphatic carbocycles. The average molecular weight is 385 g/mol. The van der Waals surface area contributed by atoms with Gasteiger partial charge in [0, 0.05) is 11.1 Å². The first kappa shape index (κ1) is 20.5. The molecule has 0 saturated heterocycles. The van der Waals surface area contributed by atoms with Crippen molar-refractivity contribution in [3.63, 3.8) is 0 Å². The topological polar surface area (TPSA) is 18.5 Å². The summed E-state index contributed by atoms with van der Waals surface area (Å²) >= 11 is 0. The summed E-state index contributed by atoms with van der Waals surface area (Å²) in [5.74, 6) is 2.45. The lowest BCUT2D eigenvalue weighted by Crippen LogP contribution is -2.12. The molecule has 148 valence electrons. The summed E-state index contributed by atoms with van der Waals surface area (Å²) in [4.78, 5) is 0. The first-order valence-electron chi connectivity index (χ1n) is 9.75. The first-order valence-corrected chi connectivity index (χ1v) is 9.75. The number of benzene rings is 3. The maximum atomic E-state index is 6.22. The van der Waals surface area contributed by atoms with E-state index in [1.807, 2.05) is 73.7 Å². The van der Waals surface area contributed by atoms with Gasteiger partial charge in [0.15, 0.2) is 11.5 Å². The Balaban J connectivity index is 2.00. The van der Waals surface area contributed by atoms with Crippen molar-refractivity contribution in [3.8, 4) is 11.5 Å². The van der Waals surface area contributed by atoms with Gasteiger partial charge in [0.2, 0.25) is 0 Å². The van der Waals surface area contributed by atoms with Crippen LogP contribution in [-0.4, -0.2) is 0 Å². The van der Waals surface area contributed by atoms with E-state index in [1.54, 1.807) is 0 Å². The zero-order chi connectivity index (χ0) is 21.0. The van der Waals surface area contributed by atoms with Crippen molar-refractivity contribution in [2.45, 2.75) is 33.1 Å². The Bertz CT molecular complexity index is 1010. The average Bonchev–Trinajstić information content (AvgIpc) is 2.70. The van der Waals surface area contributed by atoms with Crippen LogP contribution in [0.3, 0.4) is 0 Å². The highest BCUT2D eigenvalue weighted by molar-refractivity contribution is 5.66. The summed E-state index contributed by atoms with van der Waals surface area (Å²) in [5, 5.41) is 0. The molecule has 3 aromatic rings. The van der Waals surface area contributed by atoms with Crippen LogP contribution in [0.25, 0.3) is 11.5 Å². The van der Waals surface area contributed by atoms with E-state index >= 15 is 0 Å². The Morgan fingerprint density at radius 3 is 1.69 bits per heavy atom. The second kappa shape index (κ2) is 8.40. The van der Waals surface area contributed by atoms with E-state index in [0.717, 1.165) is 16.7 Å². The Morgan fingerprint density at radius 2 is 1.21 bits per heavy atom. The Hall–Kier alpha value is -3.26. The van der Waals surface area contributed by atoms with E-state index in [2.05, 4.69) is 40.0 Å². The van der Waals surface area contributed by atoms with Gasteiger partial charge in [0.1, 0.15) is 11.5 Å². The van der Waals surface area contributed by atoms with Crippen LogP contribution in [0, 0.1) is 6.92 Å². The molecule has 0 bridgehead atoms. The van der Waals surface area contributed by atoms with Crippen molar-refractivity contribution in [3.05, 3.63) is 108 Å². The fourth-order valence-corrected chi connectivity index (χ4v) is 3.00. The first-order chi connectivity index (χ1) is 13.8. The number of aryl methyl sites for hydroxylation is 1. The van der Waals surface area contributed by atoms with E-state index in [1.165, 1.54) is 5.56 Å². The van der Waals surface area contributed by atoms with Gasteiger partial charge in [-0.15, -0.1) is 0 Å². The highest BCUT2D eigenvalue weighted by Gasteiger charge is 2.21. The molecule has 0 aromatic heterocycles. The number of hydrogen-bond acceptors (Lipinski definition) is 2. The zero-order valence-electron chi connectivity index (χ0n) is 17.7. The van der Waals surface area contributed by atoms with Crippen LogP contribution >= 0.6 is 0 Å². The van der Waals surface area contributed by atoms with E-state index in [-0.39, 0.29) is 5.41 Å². The third-order valence-electron chi connectivity index (χ3n) is 4.76. The minimum absolute atomic E-state index is 0.0219. The fourth-order valence-electron chi connectivity index (χ4n) is 3.00. The molecule has 0 unspecified atom stereocenters. The van der Waals surface area contributed by atoms with Crippen LogP contribution in [0.15, 0.2) is 86.0 Å². The van der Waals surface area contributed by atoms with Gasteiger partial charge in [0.25, 0.3) is 0 Å². The summed E-state index contributed by atoms with van der Waals surface area (Å²) in [6.07, 6.45) is 0. The molecule has 29 heavy (non-hydrogen) atoms. The SMILES string of the molecule is C=C(Oc1cc(C(C)(C)C)cc(C)c1OC(=C)c1ccccc1)c1ccccc1. The lowest BCUT2D eigenvalue weighted by Gasteiger charge is -2.24. The Morgan fingerprint density at radius 1 is 0.724 bits per heavy atom. The molecule has 0 N–H and O–H groups in total. The van der Waals surface area contributed by atoms with Crippen LogP contribution in [0.1, 0.15) is 43.0 Å². The molecule has 3 rings (SSSR count). The second-order valence-corrected chi connectivity index (χ2v) is 8.15. The van der Waals surface area contributed by atoms with Crippen molar-refractivity contribution >= 4 is 11.5 Å². The highest BCUT2D eigenvalue weighted by atomic mass is 16.5. The molecule has 0 atom stereocenters. The molecule has 0 saturated carbocycles. The van der Waals surface area contributed by atoms with Crippen molar-refractivity contribution in [2.24, 2.45) is 0 Å². The molecular weight excluding hydrogens is 356 g/mol. The highest BCUT2D eigenvalue weighted by Crippen LogP contribution is 2.40. The van der Waals surface area contributed by atoms with Gasteiger partial charge < -0.3 is 9.47 Å². The van der Waals surface area contributed by atoms with Crippen molar-refractivity contribution < 1.29 is 9.47 Å². The minimum Gasteiger partial charge on any atom is -0.453 e. The van der Waals surface area contributed by atoms with Crippen LogP contribution < -0.4 is 9.47 Å². The van der Waals surface area contributed by atoms with Crippen LogP contribution in [0.2, 0.25) is 0 Å². The van der Waals surface area contributed by atoms with E-state index in [4.69, 9.17) is 9.47 Å². The third-order valence-corrected chi connectivity index (χ3v) is 4.76. The van der Waals surface area contributed by atoms with Gasteiger partial charge in [-0.05, 0) is 29.5 Å². The normalized spacial score (nSPS) is 11.0. The van der Waals surface area contributed by atoms with Crippen LogP contribution in [0.4, 0.5) is 0 Å². The maximum Gasteiger partial charge on any atom is 0.172 e. The van der Waals surface area contributed by atoms with E-state index in [0.29, 0.717) is 23.0 Å². The summed E-state index contributed by atoms with van der Waals surface area (Å²) in [6.45, 7) is 16.8. The van der Waals surface area contributed by atoms with Gasteiger partial charge in [-0.25, -0.2) is 0 Å². The van der Waals surface area contributed by atoms with Crippen molar-refractivity contribution in [1.82, 2.24) is 0 Å². The molecule has 3 aromatic carbocycles. The number of rotatable bonds is 6. The molecule has 0 aliphatic rings. The standard InChI is InChI=1S/C27H28O2/c1-19-17-24(27(4,5)6)18-25(28-20(2)22-13-9-7-10-14-22)26(19)29-21(3)23-15-11-8-12-16-23/h7-18H,2-3H2,1,4-6H3. The molecule has 0 amide bonds. The van der Waals surface area contributed by atoms with Gasteiger partial charge in [-0.2, -0.15) is 0 Å².